The Kier molecular flexibility index (Phi) is 4.38. The number of nitrogens with two attached hydrogens (primary N) is 1. The lowest BCUT2D eigenvalue weighted by atomic mass is 10.2. The van der Waals surface area contributed by atoms with Crippen LogP contribution < -0.4 is 10.6 Å². The maximum atomic E-state index is 11.9. The lowest BCUT2D eigenvalue weighted by Crippen LogP contribution is -2.36. The van der Waals surface area contributed by atoms with Crippen LogP contribution in [0.3, 0.4) is 0 Å². The van der Waals surface area contributed by atoms with Gasteiger partial charge in [-0.2, -0.15) is 17.0 Å². The molecule has 0 saturated carbocycles. The summed E-state index contributed by atoms with van der Waals surface area (Å²) in [5.74, 6) is 1.06. The fraction of sp³-hybridized carbons (Fsp3) is 0.538. The number of thiophene rings is 1. The smallest absolute Gasteiger partial charge is 0.174 e. The van der Waals surface area contributed by atoms with E-state index < -0.39 is 0 Å². The van der Waals surface area contributed by atoms with Gasteiger partial charge in [-0.1, -0.05) is 13.8 Å². The molecule has 0 aromatic carbocycles. The highest BCUT2D eigenvalue weighted by Gasteiger charge is 2.26. The molecule has 1 aromatic rings. The van der Waals surface area contributed by atoms with Crippen molar-refractivity contribution in [1.82, 2.24) is 0 Å². The van der Waals surface area contributed by atoms with Crippen LogP contribution in [0.15, 0.2) is 0 Å². The van der Waals surface area contributed by atoms with Gasteiger partial charge in [0.15, 0.2) is 5.78 Å². The number of hydrogen-bond donors (Lipinski definition) is 1. The van der Waals surface area contributed by atoms with Crippen LogP contribution in [-0.4, -0.2) is 29.9 Å². The summed E-state index contributed by atoms with van der Waals surface area (Å²) in [6, 6.07) is 2.16. The number of hydrogen-bond acceptors (Lipinski definition) is 6. The van der Waals surface area contributed by atoms with Gasteiger partial charge < -0.3 is 10.6 Å². The maximum Gasteiger partial charge on any atom is 0.174 e. The number of nitriles is 1. The first kappa shape index (κ1) is 14.2. The van der Waals surface area contributed by atoms with E-state index in [4.69, 9.17) is 5.73 Å². The molecule has 1 aliphatic heterocycles. The van der Waals surface area contributed by atoms with Crippen molar-refractivity contribution in [3.8, 4) is 6.07 Å². The van der Waals surface area contributed by atoms with E-state index in [1.165, 1.54) is 11.3 Å². The van der Waals surface area contributed by atoms with Crippen LogP contribution in [0.1, 0.15) is 35.5 Å². The van der Waals surface area contributed by atoms with Crippen LogP contribution in [0, 0.1) is 11.3 Å². The summed E-state index contributed by atoms with van der Waals surface area (Å²) in [4.78, 5) is 14.6. The Morgan fingerprint density at radius 3 is 2.95 bits per heavy atom. The van der Waals surface area contributed by atoms with Crippen molar-refractivity contribution in [3.05, 3.63) is 10.4 Å². The first-order chi connectivity index (χ1) is 9.08. The summed E-state index contributed by atoms with van der Waals surface area (Å²) in [6.07, 6.45) is 0.418. The van der Waals surface area contributed by atoms with Gasteiger partial charge in [0.05, 0.1) is 10.6 Å². The molecule has 2 N–H and O–H groups in total. The molecule has 0 bridgehead atoms. The van der Waals surface area contributed by atoms with Gasteiger partial charge >= 0.3 is 0 Å². The standard InChI is InChI=1S/C13H17N3OS2/c1-3-10(17)12-11(15)9(6-14)13(19-12)16-4-5-18-8(2)7-16/h8H,3-5,7,15H2,1-2H3. The van der Waals surface area contributed by atoms with Crippen molar-refractivity contribution < 1.29 is 4.79 Å². The Morgan fingerprint density at radius 2 is 2.37 bits per heavy atom. The van der Waals surface area contributed by atoms with Gasteiger partial charge in [-0.05, 0) is 0 Å². The molecule has 0 radical (unpaired) electrons. The van der Waals surface area contributed by atoms with Gasteiger partial charge in [-0.25, -0.2) is 0 Å². The first-order valence-electron chi connectivity index (χ1n) is 6.30. The average Bonchev–Trinajstić information content (AvgIpc) is 2.75. The Morgan fingerprint density at radius 1 is 1.63 bits per heavy atom. The second-order valence-corrected chi connectivity index (χ2v) is 7.09. The second kappa shape index (κ2) is 5.85. The van der Waals surface area contributed by atoms with E-state index in [9.17, 15) is 10.1 Å². The number of rotatable bonds is 3. The van der Waals surface area contributed by atoms with Crippen LogP contribution in [0.5, 0.6) is 0 Å². The van der Waals surface area contributed by atoms with Crippen LogP contribution in [-0.2, 0) is 0 Å². The molecule has 1 fully saturated rings. The fourth-order valence-corrected chi connectivity index (χ4v) is 4.36. The summed E-state index contributed by atoms with van der Waals surface area (Å²) in [7, 11) is 0. The SMILES string of the molecule is CCC(=O)c1sc(N2CCSC(C)C2)c(C#N)c1N. The maximum absolute atomic E-state index is 11.9. The third-order valence-corrected chi connectivity index (χ3v) is 5.58. The van der Waals surface area contributed by atoms with Crippen molar-refractivity contribution in [2.24, 2.45) is 0 Å². The third-order valence-electron chi connectivity index (χ3n) is 3.14. The zero-order valence-electron chi connectivity index (χ0n) is 11.1. The minimum atomic E-state index is 0.0182. The Balaban J connectivity index is 2.40. The number of Topliss-reactive ketones (excluding diaryl/α,β-unsaturated/α-hetero) is 1. The molecule has 1 saturated heterocycles. The first-order valence-corrected chi connectivity index (χ1v) is 8.17. The van der Waals surface area contributed by atoms with Crippen LogP contribution >= 0.6 is 23.1 Å². The Hall–Kier alpha value is -1.19. The molecule has 1 atom stereocenters. The highest BCUT2D eigenvalue weighted by Crippen LogP contribution is 2.39. The highest BCUT2D eigenvalue weighted by atomic mass is 32.2. The molecule has 6 heteroatoms. The van der Waals surface area contributed by atoms with E-state index in [2.05, 4.69) is 17.9 Å². The average molecular weight is 295 g/mol. The quantitative estimate of drug-likeness (QED) is 0.868. The molecule has 1 unspecified atom stereocenters. The number of carbonyl (C=O) groups excluding carboxylic acids is 1. The topological polar surface area (TPSA) is 70.1 Å². The van der Waals surface area contributed by atoms with Gasteiger partial charge in [0.1, 0.15) is 16.6 Å². The molecule has 0 amide bonds. The predicted molar refractivity (Wildman–Crippen MR) is 82.2 cm³/mol. The van der Waals surface area contributed by atoms with E-state index in [1.54, 1.807) is 0 Å². The van der Waals surface area contributed by atoms with E-state index in [1.807, 2.05) is 18.7 Å². The van der Waals surface area contributed by atoms with Gasteiger partial charge in [0, 0.05) is 30.5 Å². The summed E-state index contributed by atoms with van der Waals surface area (Å²) in [5.41, 5.74) is 6.80. The molecule has 2 heterocycles. The number of thioether (sulfide) groups is 1. The van der Waals surface area contributed by atoms with Crippen LogP contribution in [0.25, 0.3) is 0 Å². The zero-order chi connectivity index (χ0) is 14.0. The number of carbonyl (C=O) groups is 1. The lowest BCUT2D eigenvalue weighted by molar-refractivity contribution is 0.0993. The summed E-state index contributed by atoms with van der Waals surface area (Å²) < 4.78 is 0. The summed E-state index contributed by atoms with van der Waals surface area (Å²) in [5, 5.41) is 10.7. The number of nitrogen functional groups attached to an aromatic ring is 1. The minimum Gasteiger partial charge on any atom is -0.396 e. The summed E-state index contributed by atoms with van der Waals surface area (Å²) in [6.45, 7) is 5.80. The van der Waals surface area contributed by atoms with Gasteiger partial charge in [-0.3, -0.25) is 4.79 Å². The van der Waals surface area contributed by atoms with Crippen molar-refractivity contribution in [2.75, 3.05) is 29.5 Å². The zero-order valence-corrected chi connectivity index (χ0v) is 12.7. The van der Waals surface area contributed by atoms with E-state index >= 15 is 0 Å². The summed E-state index contributed by atoms with van der Waals surface area (Å²) >= 11 is 3.31. The highest BCUT2D eigenvalue weighted by molar-refractivity contribution is 8.00. The lowest BCUT2D eigenvalue weighted by Gasteiger charge is -2.31. The van der Waals surface area contributed by atoms with Crippen molar-refractivity contribution in [3.63, 3.8) is 0 Å². The van der Waals surface area contributed by atoms with Gasteiger partial charge in [-0.15, -0.1) is 11.3 Å². The Bertz CT molecular complexity index is 533. The Labute approximate surface area is 121 Å². The number of nitrogens with zero attached hydrogens (tertiary/aromatic N) is 2. The molecule has 102 valence electrons. The van der Waals surface area contributed by atoms with Crippen molar-refractivity contribution in [2.45, 2.75) is 25.5 Å². The van der Waals surface area contributed by atoms with E-state index in [-0.39, 0.29) is 5.78 Å². The normalized spacial score (nSPS) is 19.2. The molecule has 2 rings (SSSR count). The molecule has 19 heavy (non-hydrogen) atoms. The molecular weight excluding hydrogens is 278 g/mol. The van der Waals surface area contributed by atoms with E-state index in [0.717, 1.165) is 23.8 Å². The van der Waals surface area contributed by atoms with Gasteiger partial charge in [0.25, 0.3) is 0 Å². The molecule has 4 nitrogen and oxygen atoms in total. The van der Waals surface area contributed by atoms with Crippen molar-refractivity contribution in [1.29, 1.82) is 5.26 Å². The molecule has 0 spiro atoms. The molecule has 1 aliphatic rings. The fourth-order valence-electron chi connectivity index (χ4n) is 2.13. The molecule has 0 aliphatic carbocycles. The number of ketones is 1. The molecule has 1 aromatic heterocycles. The number of anilines is 2. The van der Waals surface area contributed by atoms with Crippen LogP contribution in [0.2, 0.25) is 0 Å². The van der Waals surface area contributed by atoms with E-state index in [0.29, 0.717) is 27.8 Å². The minimum absolute atomic E-state index is 0.0182. The van der Waals surface area contributed by atoms with Gasteiger partial charge in [0.2, 0.25) is 0 Å². The predicted octanol–water partition coefficient (Wildman–Crippen LogP) is 2.74. The van der Waals surface area contributed by atoms with Crippen molar-refractivity contribution >= 4 is 39.6 Å². The second-order valence-electron chi connectivity index (χ2n) is 4.54. The van der Waals surface area contributed by atoms with Crippen LogP contribution in [0.4, 0.5) is 10.7 Å². The molecular formula is C13H17N3OS2. The largest absolute Gasteiger partial charge is 0.396 e. The monoisotopic (exact) mass is 295 g/mol. The third kappa shape index (κ3) is 2.72.